The number of benzene rings is 2. The Morgan fingerprint density at radius 3 is 2.48 bits per heavy atom. The first kappa shape index (κ1) is 19.9. The van der Waals surface area contributed by atoms with Gasteiger partial charge in [0.15, 0.2) is 0 Å². The van der Waals surface area contributed by atoms with E-state index in [9.17, 15) is 14.7 Å². The number of aromatic hydroxyl groups is 1. The van der Waals surface area contributed by atoms with E-state index in [4.69, 9.17) is 39.5 Å². The number of halogens is 3. The zero-order valence-electron chi connectivity index (χ0n) is 13.6. The molecule has 2 aromatic carbocycles. The van der Waals surface area contributed by atoms with Gasteiger partial charge in [-0.05, 0) is 54.2 Å². The zero-order chi connectivity index (χ0) is 19.6. The van der Waals surface area contributed by atoms with E-state index >= 15 is 0 Å². The van der Waals surface area contributed by atoms with Crippen molar-refractivity contribution in [1.29, 1.82) is 0 Å². The van der Waals surface area contributed by atoms with E-state index in [1.807, 2.05) is 0 Å². The molecule has 9 heteroatoms. The first-order valence-corrected chi connectivity index (χ1v) is 9.62. The maximum atomic E-state index is 12.5. The molecule has 0 aliphatic carbocycles. The van der Waals surface area contributed by atoms with Gasteiger partial charge < -0.3 is 9.84 Å². The van der Waals surface area contributed by atoms with Crippen LogP contribution in [0.25, 0.3) is 6.08 Å². The minimum atomic E-state index is -0.472. The number of imide groups is 1. The summed E-state index contributed by atoms with van der Waals surface area (Å²) < 4.78 is 5.52. The van der Waals surface area contributed by atoms with Crippen LogP contribution in [-0.2, 0) is 4.79 Å². The molecule has 1 N–H and O–H groups in total. The molecule has 0 bridgehead atoms. The lowest BCUT2D eigenvalue weighted by Gasteiger charge is -2.13. The first-order valence-electron chi connectivity index (χ1n) is 7.67. The van der Waals surface area contributed by atoms with Gasteiger partial charge in [0, 0.05) is 15.6 Å². The molecular weight excluding hydrogens is 433 g/mol. The van der Waals surface area contributed by atoms with Gasteiger partial charge >= 0.3 is 0 Å². The van der Waals surface area contributed by atoms with Crippen molar-refractivity contribution in [2.75, 3.05) is 13.2 Å². The summed E-state index contributed by atoms with van der Waals surface area (Å²) in [6.07, 6.45) is 1.39. The molecule has 0 unspecified atom stereocenters. The number of thioether (sulfide) groups is 1. The summed E-state index contributed by atoms with van der Waals surface area (Å²) in [6, 6.07) is 9.60. The number of phenols is 1. The fraction of sp³-hybridized carbons (Fsp3) is 0.111. The monoisotopic (exact) mass is 443 g/mol. The molecule has 0 saturated carbocycles. The smallest absolute Gasteiger partial charge is 0.293 e. The molecule has 1 aliphatic heterocycles. The number of nitrogens with zero attached hydrogens (tertiary/aromatic N) is 1. The SMILES string of the molecule is O=C1S/C(=C\c2cc(Cl)cc(Cl)c2O)C(=O)N1CCOc1ccc(Cl)cc1. The van der Waals surface area contributed by atoms with Gasteiger partial charge in [-0.1, -0.05) is 34.8 Å². The Morgan fingerprint density at radius 2 is 1.78 bits per heavy atom. The Bertz CT molecular complexity index is 931. The van der Waals surface area contributed by atoms with Crippen LogP contribution < -0.4 is 4.74 Å². The summed E-state index contributed by atoms with van der Waals surface area (Å²) in [5.74, 6) is -0.0976. The number of ether oxygens (including phenoxy) is 1. The number of phenolic OH excluding ortho intramolecular Hbond substituents is 1. The lowest BCUT2D eigenvalue weighted by Crippen LogP contribution is -2.32. The summed E-state index contributed by atoms with van der Waals surface area (Å²) in [4.78, 5) is 25.9. The number of hydrogen-bond donors (Lipinski definition) is 1. The van der Waals surface area contributed by atoms with E-state index in [2.05, 4.69) is 0 Å². The van der Waals surface area contributed by atoms with Gasteiger partial charge in [0.05, 0.1) is 16.5 Å². The van der Waals surface area contributed by atoms with Crippen molar-refractivity contribution in [3.8, 4) is 11.5 Å². The standard InChI is InChI=1S/C18H12Cl3NO4S/c19-11-1-3-13(4-2-11)26-6-5-22-17(24)15(27-18(22)25)8-10-7-12(20)9-14(21)16(10)23/h1-4,7-9,23H,5-6H2/b15-8-. The predicted molar refractivity (Wildman–Crippen MR) is 108 cm³/mol. The van der Waals surface area contributed by atoms with E-state index < -0.39 is 11.1 Å². The van der Waals surface area contributed by atoms with Crippen LogP contribution in [-0.4, -0.2) is 34.3 Å². The Hall–Kier alpha value is -1.86. The molecule has 2 aromatic rings. The van der Waals surface area contributed by atoms with Crippen LogP contribution in [0.1, 0.15) is 5.56 Å². The van der Waals surface area contributed by atoms with E-state index in [0.717, 1.165) is 16.7 Å². The topological polar surface area (TPSA) is 66.8 Å². The highest BCUT2D eigenvalue weighted by molar-refractivity contribution is 8.18. The lowest BCUT2D eigenvalue weighted by atomic mass is 10.2. The third-order valence-corrected chi connectivity index (χ3v) is 5.28. The molecule has 0 spiro atoms. The van der Waals surface area contributed by atoms with Gasteiger partial charge in [-0.3, -0.25) is 14.5 Å². The maximum Gasteiger partial charge on any atom is 0.293 e. The summed E-state index contributed by atoms with van der Waals surface area (Å²) in [5.41, 5.74) is 0.260. The summed E-state index contributed by atoms with van der Waals surface area (Å²) in [5, 5.41) is 10.5. The second kappa shape index (κ2) is 8.44. The number of carbonyl (C=O) groups excluding carboxylic acids is 2. The highest BCUT2D eigenvalue weighted by Gasteiger charge is 2.35. The maximum absolute atomic E-state index is 12.5. The molecule has 2 amide bonds. The van der Waals surface area contributed by atoms with Crippen molar-refractivity contribution in [2.24, 2.45) is 0 Å². The van der Waals surface area contributed by atoms with E-state index in [1.54, 1.807) is 24.3 Å². The van der Waals surface area contributed by atoms with Crippen LogP contribution in [0.4, 0.5) is 4.79 Å². The minimum Gasteiger partial charge on any atom is -0.506 e. The largest absolute Gasteiger partial charge is 0.506 e. The molecule has 3 rings (SSSR count). The van der Waals surface area contributed by atoms with E-state index in [0.29, 0.717) is 15.8 Å². The van der Waals surface area contributed by atoms with Crippen molar-refractivity contribution >= 4 is 63.8 Å². The Labute approximate surface area is 174 Å². The highest BCUT2D eigenvalue weighted by Crippen LogP contribution is 2.37. The molecule has 27 heavy (non-hydrogen) atoms. The molecule has 1 saturated heterocycles. The van der Waals surface area contributed by atoms with Gasteiger partial charge in [0.2, 0.25) is 0 Å². The predicted octanol–water partition coefficient (Wildman–Crippen LogP) is 5.47. The number of hydrogen-bond acceptors (Lipinski definition) is 5. The highest BCUT2D eigenvalue weighted by atomic mass is 35.5. The van der Waals surface area contributed by atoms with Crippen molar-refractivity contribution in [2.45, 2.75) is 0 Å². The summed E-state index contributed by atoms with van der Waals surface area (Å²) in [7, 11) is 0. The molecule has 1 aliphatic rings. The van der Waals surface area contributed by atoms with Crippen LogP contribution in [0.5, 0.6) is 11.5 Å². The molecular formula is C18H12Cl3NO4S. The molecule has 0 radical (unpaired) electrons. The Balaban J connectivity index is 1.69. The van der Waals surface area contributed by atoms with Crippen LogP contribution in [0.3, 0.4) is 0 Å². The first-order chi connectivity index (χ1) is 12.8. The number of amides is 2. The zero-order valence-corrected chi connectivity index (χ0v) is 16.7. The molecule has 5 nitrogen and oxygen atoms in total. The average Bonchev–Trinajstić information content (AvgIpc) is 2.88. The van der Waals surface area contributed by atoms with Crippen molar-refractivity contribution in [3.63, 3.8) is 0 Å². The number of rotatable bonds is 5. The van der Waals surface area contributed by atoms with Crippen LogP contribution in [0.2, 0.25) is 15.1 Å². The average molecular weight is 445 g/mol. The minimum absolute atomic E-state index is 0.0596. The van der Waals surface area contributed by atoms with E-state index in [-0.39, 0.29) is 34.4 Å². The molecule has 1 heterocycles. The Morgan fingerprint density at radius 1 is 1.07 bits per heavy atom. The normalized spacial score (nSPS) is 15.7. The van der Waals surface area contributed by atoms with Gasteiger partial charge in [-0.15, -0.1) is 0 Å². The molecule has 140 valence electrons. The third-order valence-electron chi connectivity index (χ3n) is 3.62. The molecule has 0 atom stereocenters. The van der Waals surface area contributed by atoms with Crippen molar-refractivity contribution in [1.82, 2.24) is 4.90 Å². The quantitative estimate of drug-likeness (QED) is 0.620. The summed E-state index contributed by atoms with van der Waals surface area (Å²) in [6.45, 7) is 0.230. The molecule has 0 aromatic heterocycles. The van der Waals surface area contributed by atoms with Crippen molar-refractivity contribution < 1.29 is 19.4 Å². The Kier molecular flexibility index (Phi) is 6.22. The van der Waals surface area contributed by atoms with E-state index in [1.165, 1.54) is 18.2 Å². The lowest BCUT2D eigenvalue weighted by molar-refractivity contribution is -0.123. The summed E-state index contributed by atoms with van der Waals surface area (Å²) >= 11 is 18.4. The van der Waals surface area contributed by atoms with Gasteiger partial charge in [-0.25, -0.2) is 0 Å². The molecule has 1 fully saturated rings. The fourth-order valence-corrected chi connectivity index (χ4v) is 3.81. The van der Waals surface area contributed by atoms with Gasteiger partial charge in [-0.2, -0.15) is 0 Å². The van der Waals surface area contributed by atoms with Gasteiger partial charge in [0.1, 0.15) is 18.1 Å². The van der Waals surface area contributed by atoms with Crippen LogP contribution in [0.15, 0.2) is 41.3 Å². The van der Waals surface area contributed by atoms with Crippen LogP contribution >= 0.6 is 46.6 Å². The van der Waals surface area contributed by atoms with Gasteiger partial charge in [0.25, 0.3) is 11.1 Å². The fourth-order valence-electron chi connectivity index (χ4n) is 2.32. The van der Waals surface area contributed by atoms with Crippen LogP contribution in [0, 0.1) is 0 Å². The third kappa shape index (κ3) is 4.71. The van der Waals surface area contributed by atoms with Crippen molar-refractivity contribution in [3.05, 3.63) is 61.9 Å². The second-order valence-electron chi connectivity index (χ2n) is 5.46. The second-order valence-corrected chi connectivity index (χ2v) is 7.73. The number of carbonyl (C=O) groups is 2.